The van der Waals surface area contributed by atoms with Crippen LogP contribution in [0, 0.1) is 6.92 Å². The van der Waals surface area contributed by atoms with E-state index in [1.54, 1.807) is 7.05 Å². The molecule has 2 heterocycles. The van der Waals surface area contributed by atoms with Crippen LogP contribution in [0.3, 0.4) is 0 Å². The molecule has 1 fully saturated rings. The van der Waals surface area contributed by atoms with Crippen LogP contribution in [-0.2, 0) is 16.8 Å². The quantitative estimate of drug-likeness (QED) is 0.843. The van der Waals surface area contributed by atoms with Crippen molar-refractivity contribution >= 4 is 10.2 Å². The largest absolute Gasteiger partial charge is 0.314 e. The van der Waals surface area contributed by atoms with Crippen molar-refractivity contribution in [1.29, 1.82) is 0 Å². The van der Waals surface area contributed by atoms with E-state index in [4.69, 9.17) is 0 Å². The second kappa shape index (κ2) is 5.96. The Bertz CT molecular complexity index is 526. The second-order valence-electron chi connectivity index (χ2n) is 4.68. The Morgan fingerprint density at radius 2 is 2.05 bits per heavy atom. The molecule has 1 saturated heterocycles. The fraction of sp³-hybridized carbons (Fsp3) is 0.583. The van der Waals surface area contributed by atoms with Crippen molar-refractivity contribution in [3.63, 3.8) is 0 Å². The minimum atomic E-state index is -3.39. The summed E-state index contributed by atoms with van der Waals surface area (Å²) in [5.41, 5.74) is 1.66. The fourth-order valence-electron chi connectivity index (χ4n) is 2.07. The van der Waals surface area contributed by atoms with Crippen LogP contribution in [0.5, 0.6) is 0 Å². The summed E-state index contributed by atoms with van der Waals surface area (Å²) in [6.07, 6.45) is 0. The lowest BCUT2D eigenvalue weighted by Gasteiger charge is -2.30. The maximum Gasteiger partial charge on any atom is 0.282 e. The van der Waals surface area contributed by atoms with Crippen LogP contribution >= 0.6 is 0 Å². The molecule has 1 aliphatic heterocycles. The molecular formula is C12H20N4O2S. The average Bonchev–Trinajstić information content (AvgIpc) is 2.39. The van der Waals surface area contributed by atoms with E-state index in [0.29, 0.717) is 32.7 Å². The maximum atomic E-state index is 12.4. The number of aryl methyl sites for hydroxylation is 1. The molecular weight excluding hydrogens is 264 g/mol. The molecule has 1 aliphatic rings. The molecule has 0 radical (unpaired) electrons. The molecule has 0 saturated carbocycles. The zero-order chi connectivity index (χ0) is 13.9. The number of piperazine rings is 1. The number of aromatic nitrogens is 1. The number of nitrogens with zero attached hydrogens (tertiary/aromatic N) is 3. The summed E-state index contributed by atoms with van der Waals surface area (Å²) in [4.78, 5) is 4.33. The Hall–Kier alpha value is -1.02. The maximum absolute atomic E-state index is 12.4. The van der Waals surface area contributed by atoms with Crippen LogP contribution in [0.1, 0.15) is 11.4 Å². The molecule has 0 bridgehead atoms. The molecule has 0 aliphatic carbocycles. The highest BCUT2D eigenvalue weighted by Crippen LogP contribution is 2.11. The molecule has 19 heavy (non-hydrogen) atoms. The Morgan fingerprint density at radius 3 is 2.68 bits per heavy atom. The van der Waals surface area contributed by atoms with Crippen LogP contribution < -0.4 is 5.32 Å². The van der Waals surface area contributed by atoms with Gasteiger partial charge < -0.3 is 5.32 Å². The van der Waals surface area contributed by atoms with Gasteiger partial charge in [0, 0.05) is 38.9 Å². The minimum absolute atomic E-state index is 0.300. The topological polar surface area (TPSA) is 65.5 Å². The van der Waals surface area contributed by atoms with E-state index in [2.05, 4.69) is 10.3 Å². The van der Waals surface area contributed by atoms with E-state index >= 15 is 0 Å². The third-order valence-corrected chi connectivity index (χ3v) is 5.06. The molecule has 1 aromatic rings. The number of nitrogens with one attached hydrogen (secondary N) is 1. The van der Waals surface area contributed by atoms with E-state index in [9.17, 15) is 8.42 Å². The van der Waals surface area contributed by atoms with Gasteiger partial charge in [0.15, 0.2) is 0 Å². The lowest BCUT2D eigenvalue weighted by Crippen LogP contribution is -2.50. The van der Waals surface area contributed by atoms with Gasteiger partial charge >= 0.3 is 0 Å². The van der Waals surface area contributed by atoms with E-state index in [-0.39, 0.29) is 0 Å². The number of hydrogen-bond acceptors (Lipinski definition) is 4. The van der Waals surface area contributed by atoms with Crippen LogP contribution in [-0.4, -0.2) is 55.2 Å². The summed E-state index contributed by atoms with van der Waals surface area (Å²) < 4.78 is 27.6. The van der Waals surface area contributed by atoms with Gasteiger partial charge in [0.05, 0.1) is 12.2 Å². The second-order valence-corrected chi connectivity index (χ2v) is 6.72. The summed E-state index contributed by atoms with van der Waals surface area (Å²) in [7, 11) is -1.79. The van der Waals surface area contributed by atoms with Crippen LogP contribution in [0.25, 0.3) is 0 Å². The van der Waals surface area contributed by atoms with Gasteiger partial charge in [-0.05, 0) is 19.1 Å². The predicted molar refractivity (Wildman–Crippen MR) is 73.8 cm³/mol. The molecule has 2 rings (SSSR count). The highest BCUT2D eigenvalue weighted by molar-refractivity contribution is 7.86. The summed E-state index contributed by atoms with van der Waals surface area (Å²) >= 11 is 0. The van der Waals surface area contributed by atoms with Gasteiger partial charge in [-0.25, -0.2) is 0 Å². The molecule has 1 aromatic heterocycles. The first-order valence-electron chi connectivity index (χ1n) is 6.35. The van der Waals surface area contributed by atoms with Crippen molar-refractivity contribution in [3.05, 3.63) is 29.6 Å². The van der Waals surface area contributed by atoms with E-state index in [1.165, 1.54) is 8.61 Å². The van der Waals surface area contributed by atoms with Crippen molar-refractivity contribution in [3.8, 4) is 0 Å². The first-order valence-corrected chi connectivity index (χ1v) is 7.74. The van der Waals surface area contributed by atoms with Gasteiger partial charge in [-0.1, -0.05) is 6.07 Å². The molecule has 0 unspecified atom stereocenters. The standard InChI is InChI=1S/C12H20N4O2S/c1-11-4-3-5-12(14-11)10-15(2)19(17,18)16-8-6-13-7-9-16/h3-5,13H,6-10H2,1-2H3. The molecule has 0 aromatic carbocycles. The first-order chi connectivity index (χ1) is 9.00. The van der Waals surface area contributed by atoms with Gasteiger partial charge in [0.2, 0.25) is 0 Å². The van der Waals surface area contributed by atoms with Crippen molar-refractivity contribution in [2.75, 3.05) is 33.2 Å². The minimum Gasteiger partial charge on any atom is -0.314 e. The SMILES string of the molecule is Cc1cccc(CN(C)S(=O)(=O)N2CCNCC2)n1. The summed E-state index contributed by atoms with van der Waals surface area (Å²) in [6, 6.07) is 5.63. The van der Waals surface area contributed by atoms with Crippen LogP contribution in [0.4, 0.5) is 0 Å². The number of hydrogen-bond donors (Lipinski definition) is 1. The molecule has 0 amide bonds. The molecule has 1 N–H and O–H groups in total. The van der Waals surface area contributed by atoms with Gasteiger partial charge in [0.25, 0.3) is 10.2 Å². The van der Waals surface area contributed by atoms with E-state index in [1.807, 2.05) is 25.1 Å². The van der Waals surface area contributed by atoms with Gasteiger partial charge in [-0.3, -0.25) is 4.98 Å². The first kappa shape index (κ1) is 14.4. The molecule has 106 valence electrons. The third-order valence-electron chi connectivity index (χ3n) is 3.13. The Morgan fingerprint density at radius 1 is 1.37 bits per heavy atom. The average molecular weight is 284 g/mol. The van der Waals surface area contributed by atoms with Gasteiger partial charge in [-0.15, -0.1) is 0 Å². The molecule has 0 atom stereocenters. The van der Waals surface area contributed by atoms with Crippen LogP contribution in [0.15, 0.2) is 18.2 Å². The van der Waals surface area contributed by atoms with Crippen molar-refractivity contribution in [2.24, 2.45) is 0 Å². The predicted octanol–water partition coefficient (Wildman–Crippen LogP) is -0.0282. The number of pyridine rings is 1. The Labute approximate surface area is 114 Å². The zero-order valence-corrected chi connectivity index (χ0v) is 12.2. The summed E-state index contributed by atoms with van der Waals surface area (Å²) in [5, 5.41) is 3.15. The summed E-state index contributed by atoms with van der Waals surface area (Å²) in [5.74, 6) is 0. The van der Waals surface area contributed by atoms with Crippen LogP contribution in [0.2, 0.25) is 0 Å². The third kappa shape index (κ3) is 3.50. The van der Waals surface area contributed by atoms with Gasteiger partial charge in [-0.2, -0.15) is 17.0 Å². The smallest absolute Gasteiger partial charge is 0.282 e. The van der Waals surface area contributed by atoms with Crippen molar-refractivity contribution < 1.29 is 8.42 Å². The highest BCUT2D eigenvalue weighted by atomic mass is 32.2. The Kier molecular flexibility index (Phi) is 4.51. The van der Waals surface area contributed by atoms with Gasteiger partial charge in [0.1, 0.15) is 0 Å². The zero-order valence-electron chi connectivity index (χ0n) is 11.3. The Balaban J connectivity index is 2.07. The number of rotatable bonds is 4. The highest BCUT2D eigenvalue weighted by Gasteiger charge is 2.28. The van der Waals surface area contributed by atoms with Crippen molar-refractivity contribution in [1.82, 2.24) is 18.9 Å². The monoisotopic (exact) mass is 284 g/mol. The summed E-state index contributed by atoms with van der Waals surface area (Å²) in [6.45, 7) is 4.65. The fourth-order valence-corrected chi connectivity index (χ4v) is 3.40. The lowest BCUT2D eigenvalue weighted by atomic mass is 10.3. The van der Waals surface area contributed by atoms with E-state index in [0.717, 1.165) is 11.4 Å². The molecule has 7 heteroatoms. The molecule has 6 nitrogen and oxygen atoms in total. The van der Waals surface area contributed by atoms with E-state index < -0.39 is 10.2 Å². The molecule has 0 spiro atoms. The van der Waals surface area contributed by atoms with Crippen molar-refractivity contribution in [2.45, 2.75) is 13.5 Å². The normalized spacial score (nSPS) is 17.8. The lowest BCUT2D eigenvalue weighted by molar-refractivity contribution is 0.323.